The molecule has 1 saturated heterocycles. The molecule has 3 aromatic rings. The fourth-order valence-corrected chi connectivity index (χ4v) is 4.28. The van der Waals surface area contributed by atoms with Crippen LogP contribution in [0.2, 0.25) is 0 Å². The van der Waals surface area contributed by atoms with Crippen LogP contribution in [0.3, 0.4) is 0 Å². The second-order valence-corrected chi connectivity index (χ2v) is 8.06. The molecular weight excluding hydrogens is 400 g/mol. The monoisotopic (exact) mass is 428 g/mol. The van der Waals surface area contributed by atoms with Gasteiger partial charge in [0, 0.05) is 6.54 Å². The van der Waals surface area contributed by atoms with Gasteiger partial charge in [-0.15, -0.1) is 0 Å². The Labute approximate surface area is 189 Å². The Morgan fingerprint density at radius 1 is 0.906 bits per heavy atom. The van der Waals surface area contributed by atoms with Crippen LogP contribution in [0.1, 0.15) is 35.7 Å². The number of benzene rings is 3. The molecule has 0 aliphatic carbocycles. The van der Waals surface area contributed by atoms with Gasteiger partial charge in [0.2, 0.25) is 5.91 Å². The molecule has 0 radical (unpaired) electrons. The van der Waals surface area contributed by atoms with Crippen molar-refractivity contribution >= 4 is 11.8 Å². The average Bonchev–Trinajstić information content (AvgIpc) is 2.85. The van der Waals surface area contributed by atoms with Gasteiger partial charge in [-0.1, -0.05) is 72.8 Å². The highest BCUT2D eigenvalue weighted by molar-refractivity contribution is 5.96. The Balaban J connectivity index is 1.65. The van der Waals surface area contributed by atoms with Crippen LogP contribution in [0.15, 0.2) is 84.9 Å². The average molecular weight is 429 g/mol. The molecule has 2 atom stereocenters. The van der Waals surface area contributed by atoms with Crippen LogP contribution in [-0.2, 0) is 16.0 Å². The lowest BCUT2D eigenvalue weighted by Gasteiger charge is -2.43. The summed E-state index contributed by atoms with van der Waals surface area (Å²) in [5.74, 6) is 0.621. The summed E-state index contributed by atoms with van der Waals surface area (Å²) in [6.07, 6.45) is 0.712. The summed E-state index contributed by atoms with van der Waals surface area (Å²) in [5, 5.41) is 0. The molecular formula is C27H28N2O3. The first-order chi connectivity index (χ1) is 15.6. The van der Waals surface area contributed by atoms with Crippen molar-refractivity contribution in [2.75, 3.05) is 20.2 Å². The second-order valence-electron chi connectivity index (χ2n) is 8.06. The van der Waals surface area contributed by atoms with Gasteiger partial charge in [-0.3, -0.25) is 9.59 Å². The number of piperazine rings is 1. The molecule has 4 rings (SSSR count). The number of carbonyl (C=O) groups excluding carboxylic acids is 2. The van der Waals surface area contributed by atoms with E-state index in [1.165, 1.54) is 0 Å². The minimum absolute atomic E-state index is 0.0465. The normalized spacial score (nSPS) is 17.4. The molecule has 3 aromatic carbocycles. The fourth-order valence-electron chi connectivity index (χ4n) is 4.28. The molecule has 32 heavy (non-hydrogen) atoms. The van der Waals surface area contributed by atoms with Crippen molar-refractivity contribution in [2.45, 2.75) is 25.4 Å². The third-order valence-corrected chi connectivity index (χ3v) is 6.08. The second kappa shape index (κ2) is 9.69. The number of hydrogen-bond acceptors (Lipinski definition) is 3. The van der Waals surface area contributed by atoms with Gasteiger partial charge in [0.15, 0.2) is 0 Å². The van der Waals surface area contributed by atoms with Crippen molar-refractivity contribution in [3.63, 3.8) is 0 Å². The Morgan fingerprint density at radius 3 is 2.16 bits per heavy atom. The molecule has 0 N–H and O–H groups in total. The maximum Gasteiger partial charge on any atom is 0.250 e. The molecule has 164 valence electrons. The molecule has 5 nitrogen and oxygen atoms in total. The Hall–Kier alpha value is -3.60. The number of rotatable bonds is 7. The molecule has 0 spiro atoms. The van der Waals surface area contributed by atoms with E-state index in [-0.39, 0.29) is 24.4 Å². The van der Waals surface area contributed by atoms with Crippen molar-refractivity contribution in [2.24, 2.45) is 0 Å². The topological polar surface area (TPSA) is 49.9 Å². The van der Waals surface area contributed by atoms with Crippen molar-refractivity contribution in [3.05, 3.63) is 102 Å². The lowest BCUT2D eigenvalue weighted by Crippen LogP contribution is -2.56. The van der Waals surface area contributed by atoms with Gasteiger partial charge >= 0.3 is 0 Å². The van der Waals surface area contributed by atoms with Crippen molar-refractivity contribution < 1.29 is 14.3 Å². The molecule has 2 amide bonds. The standard InChI is InChI=1S/C27H28N2O3/c1-20(22-11-7-4-8-12-22)29-25(30)19-28(18-17-21-9-5-3-6-10-21)27(31)26(29)23-13-15-24(32-2)16-14-23/h3-16,20,26H,17-19H2,1-2H3/t20-,26+/m0/s1. The van der Waals surface area contributed by atoms with E-state index in [9.17, 15) is 9.59 Å². The smallest absolute Gasteiger partial charge is 0.250 e. The van der Waals surface area contributed by atoms with E-state index in [1.807, 2.05) is 91.9 Å². The number of amides is 2. The van der Waals surface area contributed by atoms with Gasteiger partial charge in [0.1, 0.15) is 11.8 Å². The molecule has 0 aromatic heterocycles. The van der Waals surface area contributed by atoms with E-state index in [0.717, 1.165) is 16.7 Å². The van der Waals surface area contributed by atoms with Crippen LogP contribution < -0.4 is 4.74 Å². The summed E-state index contributed by atoms with van der Waals surface area (Å²) in [6, 6.07) is 26.4. The number of methoxy groups -OCH3 is 1. The zero-order chi connectivity index (χ0) is 22.5. The number of ether oxygens (including phenoxy) is 1. The molecule has 1 heterocycles. The van der Waals surface area contributed by atoms with Gasteiger partial charge in [0.05, 0.1) is 19.7 Å². The maximum atomic E-state index is 13.7. The first-order valence-corrected chi connectivity index (χ1v) is 10.9. The summed E-state index contributed by atoms with van der Waals surface area (Å²) in [5.41, 5.74) is 2.94. The molecule has 1 fully saturated rings. The number of nitrogens with zero attached hydrogens (tertiary/aromatic N) is 2. The van der Waals surface area contributed by atoms with Crippen LogP contribution in [0.4, 0.5) is 0 Å². The fraction of sp³-hybridized carbons (Fsp3) is 0.259. The quantitative estimate of drug-likeness (QED) is 0.560. The van der Waals surface area contributed by atoms with E-state index in [2.05, 4.69) is 0 Å². The van der Waals surface area contributed by atoms with Crippen LogP contribution in [0.25, 0.3) is 0 Å². The van der Waals surface area contributed by atoms with Crippen LogP contribution in [0.5, 0.6) is 5.75 Å². The Bertz CT molecular complexity index is 1050. The van der Waals surface area contributed by atoms with E-state index in [4.69, 9.17) is 4.74 Å². The highest BCUT2D eigenvalue weighted by atomic mass is 16.5. The summed E-state index contributed by atoms with van der Waals surface area (Å²) in [6.45, 7) is 2.58. The lowest BCUT2D eigenvalue weighted by atomic mass is 9.96. The predicted molar refractivity (Wildman–Crippen MR) is 124 cm³/mol. The third kappa shape index (κ3) is 4.52. The maximum absolute atomic E-state index is 13.7. The molecule has 0 saturated carbocycles. The van der Waals surface area contributed by atoms with Crippen LogP contribution >= 0.6 is 0 Å². The van der Waals surface area contributed by atoms with E-state index < -0.39 is 6.04 Å². The van der Waals surface area contributed by atoms with Gasteiger partial charge in [-0.05, 0) is 42.2 Å². The van der Waals surface area contributed by atoms with Crippen molar-refractivity contribution in [3.8, 4) is 5.75 Å². The third-order valence-electron chi connectivity index (χ3n) is 6.08. The zero-order valence-electron chi connectivity index (χ0n) is 18.5. The minimum atomic E-state index is -0.673. The molecule has 1 aliphatic heterocycles. The number of hydrogen-bond donors (Lipinski definition) is 0. The Kier molecular flexibility index (Phi) is 6.55. The molecule has 0 bridgehead atoms. The first kappa shape index (κ1) is 21.6. The number of carbonyl (C=O) groups is 2. The SMILES string of the molecule is COc1ccc([C@@H]2C(=O)N(CCc3ccccc3)CC(=O)N2[C@@H](C)c2ccccc2)cc1. The van der Waals surface area contributed by atoms with E-state index in [1.54, 1.807) is 16.9 Å². The van der Waals surface area contributed by atoms with Crippen molar-refractivity contribution in [1.29, 1.82) is 0 Å². The van der Waals surface area contributed by atoms with Gasteiger partial charge in [-0.2, -0.15) is 0 Å². The van der Waals surface area contributed by atoms with Gasteiger partial charge in [0.25, 0.3) is 5.91 Å². The predicted octanol–water partition coefficient (Wildman–Crippen LogP) is 4.41. The largest absolute Gasteiger partial charge is 0.497 e. The van der Waals surface area contributed by atoms with Crippen LogP contribution in [0, 0.1) is 0 Å². The molecule has 0 unspecified atom stereocenters. The summed E-state index contributed by atoms with van der Waals surface area (Å²) < 4.78 is 5.28. The van der Waals surface area contributed by atoms with Gasteiger partial charge in [-0.25, -0.2) is 0 Å². The zero-order valence-corrected chi connectivity index (χ0v) is 18.5. The summed E-state index contributed by atoms with van der Waals surface area (Å²) >= 11 is 0. The molecule has 1 aliphatic rings. The molecule has 5 heteroatoms. The first-order valence-electron chi connectivity index (χ1n) is 10.9. The van der Waals surface area contributed by atoms with E-state index in [0.29, 0.717) is 18.7 Å². The highest BCUT2D eigenvalue weighted by Gasteiger charge is 2.42. The summed E-state index contributed by atoms with van der Waals surface area (Å²) in [7, 11) is 1.61. The van der Waals surface area contributed by atoms with E-state index >= 15 is 0 Å². The Morgan fingerprint density at radius 2 is 1.53 bits per heavy atom. The minimum Gasteiger partial charge on any atom is -0.497 e. The van der Waals surface area contributed by atoms with Crippen LogP contribution in [-0.4, -0.2) is 41.8 Å². The van der Waals surface area contributed by atoms with Crippen molar-refractivity contribution in [1.82, 2.24) is 9.80 Å². The highest BCUT2D eigenvalue weighted by Crippen LogP contribution is 2.35. The lowest BCUT2D eigenvalue weighted by molar-refractivity contribution is -0.158. The van der Waals surface area contributed by atoms with Gasteiger partial charge < -0.3 is 14.5 Å². The summed E-state index contributed by atoms with van der Waals surface area (Å²) in [4.78, 5) is 30.5.